The highest BCUT2D eigenvalue weighted by molar-refractivity contribution is 5.87. The minimum atomic E-state index is 0.257. The van der Waals surface area contributed by atoms with Crippen molar-refractivity contribution in [2.75, 3.05) is 23.7 Å². The van der Waals surface area contributed by atoms with Crippen LogP contribution < -0.4 is 16.4 Å². The van der Waals surface area contributed by atoms with E-state index in [1.807, 2.05) is 10.9 Å². The van der Waals surface area contributed by atoms with Gasteiger partial charge < -0.3 is 16.4 Å². The fourth-order valence-electron chi connectivity index (χ4n) is 3.27. The van der Waals surface area contributed by atoms with Gasteiger partial charge in [0.1, 0.15) is 5.82 Å². The van der Waals surface area contributed by atoms with Crippen LogP contribution in [0.4, 0.5) is 11.8 Å². The summed E-state index contributed by atoms with van der Waals surface area (Å²) in [5.74, 6) is 1.56. The average molecular weight is 328 g/mol. The van der Waals surface area contributed by atoms with Crippen LogP contribution >= 0.6 is 0 Å². The zero-order chi connectivity index (χ0) is 16.5. The molecule has 1 aliphatic rings. The van der Waals surface area contributed by atoms with E-state index in [1.165, 1.54) is 0 Å². The lowest BCUT2D eigenvalue weighted by atomic mass is 9.98. The Morgan fingerprint density at radius 3 is 3.08 bits per heavy atom. The number of hydrogen-bond donors (Lipinski definition) is 3. The maximum Gasteiger partial charge on any atom is 0.224 e. The number of nitrogens with one attached hydrogen (secondary N) is 1. The molecule has 0 amide bonds. The maximum atomic E-state index is 5.84. The molecular formula is C14H20N10. The van der Waals surface area contributed by atoms with Crippen LogP contribution in [0.5, 0.6) is 0 Å². The molecule has 126 valence electrons. The van der Waals surface area contributed by atoms with Crippen LogP contribution in [0.2, 0.25) is 0 Å². The van der Waals surface area contributed by atoms with Crippen LogP contribution in [0.15, 0.2) is 12.4 Å². The highest BCUT2D eigenvalue weighted by Crippen LogP contribution is 2.28. The number of anilines is 2. The van der Waals surface area contributed by atoms with Crippen molar-refractivity contribution in [2.24, 2.45) is 11.7 Å². The van der Waals surface area contributed by atoms with Crippen molar-refractivity contribution in [3.8, 4) is 0 Å². The quantitative estimate of drug-likeness (QED) is 0.603. The van der Waals surface area contributed by atoms with E-state index in [4.69, 9.17) is 11.5 Å². The van der Waals surface area contributed by atoms with Crippen molar-refractivity contribution in [1.82, 2.24) is 35.2 Å². The molecule has 4 heterocycles. The van der Waals surface area contributed by atoms with Crippen molar-refractivity contribution < 1.29 is 0 Å². The number of piperidine rings is 1. The molecule has 0 aromatic carbocycles. The van der Waals surface area contributed by atoms with E-state index in [2.05, 4.69) is 35.4 Å². The van der Waals surface area contributed by atoms with E-state index >= 15 is 0 Å². The number of nitrogens with zero attached hydrogens (tertiary/aromatic N) is 7. The number of hydrogen-bond acceptors (Lipinski definition) is 8. The average Bonchev–Trinajstić information content (AvgIpc) is 3.23. The topological polar surface area (TPSA) is 140 Å². The number of nitrogen functional groups attached to an aromatic ring is 1. The summed E-state index contributed by atoms with van der Waals surface area (Å²) in [6.45, 7) is 3.06. The van der Waals surface area contributed by atoms with E-state index in [0.29, 0.717) is 18.1 Å². The Labute approximate surface area is 138 Å². The van der Waals surface area contributed by atoms with Crippen LogP contribution in [-0.4, -0.2) is 48.2 Å². The Morgan fingerprint density at radius 2 is 2.25 bits per heavy atom. The van der Waals surface area contributed by atoms with Gasteiger partial charge in [-0.3, -0.25) is 9.78 Å². The largest absolute Gasteiger partial charge is 0.368 e. The summed E-state index contributed by atoms with van der Waals surface area (Å²) in [4.78, 5) is 10.9. The molecule has 24 heavy (non-hydrogen) atoms. The molecule has 0 bridgehead atoms. The molecule has 4 rings (SSSR count). The molecule has 0 aliphatic carbocycles. The van der Waals surface area contributed by atoms with Gasteiger partial charge in [-0.25, -0.2) is 0 Å². The van der Waals surface area contributed by atoms with E-state index in [0.717, 1.165) is 49.4 Å². The lowest BCUT2D eigenvalue weighted by Crippen LogP contribution is -2.38. The van der Waals surface area contributed by atoms with Gasteiger partial charge in [-0.15, -0.1) is 5.10 Å². The standard InChI is InChI=1S/C14H20N10/c15-4-10-8-24(22-20-10)7-9-2-1-3-23(6-9)13-11-5-17-21-12(11)18-14(16)19-13/h5,8-9H,1-4,6-7,15H2,(H3,16,17,18,19,21). The van der Waals surface area contributed by atoms with Crippen LogP contribution in [0.3, 0.4) is 0 Å². The van der Waals surface area contributed by atoms with E-state index in [9.17, 15) is 0 Å². The zero-order valence-electron chi connectivity index (χ0n) is 13.3. The first-order valence-electron chi connectivity index (χ1n) is 8.03. The number of nitrogens with two attached hydrogens (primary N) is 2. The number of aromatic amines is 1. The Kier molecular flexibility index (Phi) is 3.73. The van der Waals surface area contributed by atoms with Crippen LogP contribution in [-0.2, 0) is 13.1 Å². The summed E-state index contributed by atoms with van der Waals surface area (Å²) in [5.41, 5.74) is 12.9. The maximum absolute atomic E-state index is 5.84. The molecule has 0 radical (unpaired) electrons. The second kappa shape index (κ2) is 6.04. The first-order valence-corrected chi connectivity index (χ1v) is 8.03. The summed E-state index contributed by atoms with van der Waals surface area (Å²) >= 11 is 0. The van der Waals surface area contributed by atoms with E-state index in [-0.39, 0.29) is 5.95 Å². The summed E-state index contributed by atoms with van der Waals surface area (Å²) < 4.78 is 1.87. The monoisotopic (exact) mass is 328 g/mol. The molecule has 1 fully saturated rings. The van der Waals surface area contributed by atoms with Crippen LogP contribution in [0.25, 0.3) is 11.0 Å². The van der Waals surface area contributed by atoms with Gasteiger partial charge in [-0.1, -0.05) is 5.21 Å². The highest BCUT2D eigenvalue weighted by Gasteiger charge is 2.24. The highest BCUT2D eigenvalue weighted by atomic mass is 15.4. The molecule has 0 saturated carbocycles. The predicted octanol–water partition coefficient (Wildman–Crippen LogP) is -0.0981. The molecule has 3 aromatic heterocycles. The molecule has 5 N–H and O–H groups in total. The van der Waals surface area contributed by atoms with E-state index in [1.54, 1.807) is 6.20 Å². The first kappa shape index (κ1) is 14.8. The summed E-state index contributed by atoms with van der Waals surface area (Å²) in [7, 11) is 0. The first-order chi connectivity index (χ1) is 11.7. The third-order valence-electron chi connectivity index (χ3n) is 4.37. The molecule has 1 saturated heterocycles. The van der Waals surface area contributed by atoms with Gasteiger partial charge in [0, 0.05) is 32.4 Å². The van der Waals surface area contributed by atoms with Crippen molar-refractivity contribution in [3.05, 3.63) is 18.1 Å². The Morgan fingerprint density at radius 1 is 1.33 bits per heavy atom. The van der Waals surface area contributed by atoms with E-state index < -0.39 is 0 Å². The van der Waals surface area contributed by atoms with Gasteiger partial charge in [0.25, 0.3) is 0 Å². The smallest absolute Gasteiger partial charge is 0.224 e. The van der Waals surface area contributed by atoms with Crippen molar-refractivity contribution in [1.29, 1.82) is 0 Å². The van der Waals surface area contributed by atoms with Gasteiger partial charge in [0.15, 0.2) is 5.65 Å². The number of H-pyrrole nitrogens is 1. The third kappa shape index (κ3) is 2.75. The second-order valence-corrected chi connectivity index (χ2v) is 6.13. The lowest BCUT2D eigenvalue weighted by molar-refractivity contribution is 0.347. The number of rotatable bonds is 4. The molecule has 0 spiro atoms. The van der Waals surface area contributed by atoms with Crippen molar-refractivity contribution in [2.45, 2.75) is 25.9 Å². The summed E-state index contributed by atoms with van der Waals surface area (Å²) in [6.07, 6.45) is 5.89. The minimum Gasteiger partial charge on any atom is -0.368 e. The second-order valence-electron chi connectivity index (χ2n) is 6.13. The van der Waals surface area contributed by atoms with Gasteiger partial charge in [-0.2, -0.15) is 15.1 Å². The fraction of sp³-hybridized carbons (Fsp3) is 0.500. The molecule has 1 unspecified atom stereocenters. The minimum absolute atomic E-state index is 0.257. The molecule has 10 heteroatoms. The van der Waals surface area contributed by atoms with Crippen LogP contribution in [0.1, 0.15) is 18.5 Å². The molecule has 3 aromatic rings. The fourth-order valence-corrected chi connectivity index (χ4v) is 3.27. The Balaban J connectivity index is 1.54. The molecule has 1 atom stereocenters. The molecule has 10 nitrogen and oxygen atoms in total. The van der Waals surface area contributed by atoms with Crippen molar-refractivity contribution >= 4 is 22.8 Å². The SMILES string of the molecule is NCc1cn(CC2CCCN(c3nc(N)nc4[nH]ncc34)C2)nn1. The number of aromatic nitrogens is 7. The molecular weight excluding hydrogens is 308 g/mol. The van der Waals surface area contributed by atoms with Crippen molar-refractivity contribution in [3.63, 3.8) is 0 Å². The third-order valence-corrected chi connectivity index (χ3v) is 4.37. The lowest BCUT2D eigenvalue weighted by Gasteiger charge is -2.33. The Hall–Kier alpha value is -2.75. The predicted molar refractivity (Wildman–Crippen MR) is 88.9 cm³/mol. The van der Waals surface area contributed by atoms with Gasteiger partial charge in [0.05, 0.1) is 17.3 Å². The summed E-state index contributed by atoms with van der Waals surface area (Å²) in [6, 6.07) is 0. The normalized spacial score (nSPS) is 18.4. The summed E-state index contributed by atoms with van der Waals surface area (Å²) in [5, 5.41) is 16.0. The number of fused-ring (bicyclic) bond motifs is 1. The zero-order valence-corrected chi connectivity index (χ0v) is 13.3. The van der Waals surface area contributed by atoms with Gasteiger partial charge in [0.2, 0.25) is 5.95 Å². The van der Waals surface area contributed by atoms with Gasteiger partial charge in [-0.05, 0) is 18.8 Å². The Bertz CT molecular complexity index is 837. The molecule has 1 aliphatic heterocycles. The van der Waals surface area contributed by atoms with Gasteiger partial charge >= 0.3 is 0 Å². The van der Waals surface area contributed by atoms with Crippen LogP contribution in [0, 0.1) is 5.92 Å².